The molecule has 2 fully saturated rings. The summed E-state index contributed by atoms with van der Waals surface area (Å²) in [7, 11) is 2.16. The largest absolute Gasteiger partial charge is 0.448 e. The van der Waals surface area contributed by atoms with E-state index in [1.807, 2.05) is 72.1 Å². The lowest BCUT2D eigenvalue weighted by molar-refractivity contribution is -0.153. The molecule has 2 amide bonds. The van der Waals surface area contributed by atoms with E-state index < -0.39 is 35.2 Å². The molecule has 43 heavy (non-hydrogen) atoms. The molecule has 0 radical (unpaired) electrons. The number of amides is 2. The predicted molar refractivity (Wildman–Crippen MR) is 171 cm³/mol. The topological polar surface area (TPSA) is 88.2 Å². The summed E-state index contributed by atoms with van der Waals surface area (Å²) in [5.74, 6) is 0.516. The number of benzene rings is 2. The van der Waals surface area contributed by atoms with Gasteiger partial charge < -0.3 is 19.7 Å². The molecule has 8 nitrogen and oxygen atoms in total. The van der Waals surface area contributed by atoms with Gasteiger partial charge in [0.25, 0.3) is 5.91 Å². The number of hydrogen-bond acceptors (Lipinski definition) is 8. The van der Waals surface area contributed by atoms with E-state index in [9.17, 15) is 14.4 Å². The Balaban J connectivity index is 1.40. The van der Waals surface area contributed by atoms with Crippen LogP contribution in [0.3, 0.4) is 0 Å². The van der Waals surface area contributed by atoms with Gasteiger partial charge in [-0.2, -0.15) is 0 Å². The fraction of sp³-hybridized carbons (Fsp3) is 0.424. The number of rotatable bonds is 9. The van der Waals surface area contributed by atoms with Crippen LogP contribution in [0.4, 0.5) is 4.79 Å². The molecule has 0 unspecified atom stereocenters. The molecular weight excluding hydrogens is 583 g/mol. The Hall–Kier alpha value is -3.21. The van der Waals surface area contributed by atoms with Gasteiger partial charge in [0, 0.05) is 17.5 Å². The minimum absolute atomic E-state index is 0.225. The quantitative estimate of drug-likeness (QED) is 0.281. The fourth-order valence-electron chi connectivity index (χ4n) is 5.43. The Labute approximate surface area is 262 Å². The molecule has 0 aliphatic carbocycles. The highest BCUT2D eigenvalue weighted by Gasteiger charge is 2.54. The van der Waals surface area contributed by atoms with E-state index in [0.29, 0.717) is 11.8 Å². The second-order valence-corrected chi connectivity index (χ2v) is 14.0. The van der Waals surface area contributed by atoms with E-state index >= 15 is 0 Å². The maximum absolute atomic E-state index is 14.1. The van der Waals surface area contributed by atoms with Crippen LogP contribution in [0.5, 0.6) is 0 Å². The number of carbonyl (C=O) groups excluding carboxylic acids is 3. The first kappa shape index (κ1) is 31.2. The summed E-state index contributed by atoms with van der Waals surface area (Å²) in [4.78, 5) is 43.9. The number of β-lactam (4-membered cyclic amide) rings is 1. The molecule has 3 aliphatic rings. The normalized spacial score (nSPS) is 22.5. The van der Waals surface area contributed by atoms with Crippen molar-refractivity contribution in [1.29, 1.82) is 0 Å². The molecule has 2 aromatic rings. The first-order chi connectivity index (χ1) is 20.6. The predicted octanol–water partition coefficient (Wildman–Crippen LogP) is 5.72. The first-order valence-electron chi connectivity index (χ1n) is 14.6. The third-order valence-corrected chi connectivity index (χ3v) is 9.83. The minimum atomic E-state index is -0.792. The van der Waals surface area contributed by atoms with Gasteiger partial charge in [0.15, 0.2) is 6.10 Å². The minimum Gasteiger partial charge on any atom is -0.448 e. The summed E-state index contributed by atoms with van der Waals surface area (Å²) < 4.78 is 11.6. The molecule has 5 rings (SSSR count). The number of fused-ring (bicyclic) bond motifs is 1. The molecule has 3 heterocycles. The van der Waals surface area contributed by atoms with E-state index in [0.717, 1.165) is 29.0 Å². The van der Waals surface area contributed by atoms with E-state index in [-0.39, 0.29) is 11.6 Å². The second kappa shape index (κ2) is 13.6. The van der Waals surface area contributed by atoms with Crippen molar-refractivity contribution in [3.63, 3.8) is 0 Å². The first-order valence-corrected chi connectivity index (χ1v) is 16.7. The zero-order valence-corrected chi connectivity index (χ0v) is 26.7. The van der Waals surface area contributed by atoms with Crippen LogP contribution >= 0.6 is 23.5 Å². The third kappa shape index (κ3) is 7.48. The lowest BCUT2D eigenvalue weighted by Gasteiger charge is -2.49. The van der Waals surface area contributed by atoms with Crippen molar-refractivity contribution in [1.82, 2.24) is 15.1 Å². The Morgan fingerprint density at radius 1 is 1.09 bits per heavy atom. The van der Waals surface area contributed by atoms with E-state index in [1.54, 1.807) is 32.5 Å². The van der Waals surface area contributed by atoms with Crippen LogP contribution < -0.4 is 5.32 Å². The summed E-state index contributed by atoms with van der Waals surface area (Å²) in [6.45, 7) is 6.43. The molecular formula is C33H39N3O5S2. The Bertz CT molecular complexity index is 1340. The molecule has 0 saturated carbocycles. The van der Waals surface area contributed by atoms with Crippen molar-refractivity contribution in [3.8, 4) is 0 Å². The van der Waals surface area contributed by atoms with Crippen LogP contribution in [-0.2, 0) is 19.1 Å². The van der Waals surface area contributed by atoms with Crippen molar-refractivity contribution in [2.75, 3.05) is 25.1 Å². The van der Waals surface area contributed by atoms with Crippen LogP contribution in [0.1, 0.15) is 50.8 Å². The van der Waals surface area contributed by atoms with Gasteiger partial charge in [0.2, 0.25) is 0 Å². The highest BCUT2D eigenvalue weighted by atomic mass is 32.2. The molecule has 10 heteroatoms. The van der Waals surface area contributed by atoms with Crippen LogP contribution in [0.15, 0.2) is 83.4 Å². The number of nitrogens with one attached hydrogen (secondary N) is 1. The summed E-state index contributed by atoms with van der Waals surface area (Å²) in [6, 6.07) is 18.9. The van der Waals surface area contributed by atoms with Gasteiger partial charge in [-0.05, 0) is 75.4 Å². The summed E-state index contributed by atoms with van der Waals surface area (Å²) in [5.41, 5.74) is 1.91. The summed E-state index contributed by atoms with van der Waals surface area (Å²) in [6.07, 6.45) is 3.02. The number of alkyl carbamates (subject to hydrolysis) is 1. The van der Waals surface area contributed by atoms with Gasteiger partial charge in [-0.1, -0.05) is 60.7 Å². The van der Waals surface area contributed by atoms with Crippen LogP contribution in [0.2, 0.25) is 0 Å². The van der Waals surface area contributed by atoms with E-state index in [4.69, 9.17) is 9.47 Å². The molecule has 2 aromatic carbocycles. The number of esters is 1. The standard InChI is InChI=1S/C33H39N3O5S2/c1-33(2,3)41-32(39)34-26-29(37)36-27(24(20-43-30(26)36)17-19-42-21-25-16-11-18-35(25)4)31(38)40-28(22-12-7-5-8-13-22)23-14-9-6-10-15-23/h5-10,12-15,17,19,25-26,28,30H,11,16,18,20-21H2,1-4H3,(H,34,39)/t25-,26+,30+/m0/s1. The SMILES string of the molecule is CN1CCC[C@H]1CSC=CC1=C(C(=O)OC(c2ccccc2)c2ccccc2)N2C(=O)[C@@H](NC(=O)OC(C)(C)C)[C@H]2SC1. The molecule has 2 saturated heterocycles. The number of hydrogen-bond donors (Lipinski definition) is 1. The van der Waals surface area contributed by atoms with Crippen molar-refractivity contribution >= 4 is 41.5 Å². The van der Waals surface area contributed by atoms with E-state index in [2.05, 4.69) is 17.3 Å². The number of thioether (sulfide) groups is 2. The zero-order chi connectivity index (χ0) is 30.6. The van der Waals surface area contributed by atoms with Gasteiger partial charge in [0.1, 0.15) is 22.7 Å². The highest BCUT2D eigenvalue weighted by Crippen LogP contribution is 2.42. The Kier molecular flexibility index (Phi) is 9.88. The van der Waals surface area contributed by atoms with E-state index in [1.165, 1.54) is 29.5 Å². The number of ether oxygens (including phenoxy) is 2. The van der Waals surface area contributed by atoms with Crippen molar-refractivity contribution in [3.05, 3.63) is 94.5 Å². The number of carbonyl (C=O) groups is 3. The van der Waals surface area contributed by atoms with Crippen molar-refractivity contribution in [2.45, 2.75) is 62.8 Å². The molecule has 3 aliphatic heterocycles. The smallest absolute Gasteiger partial charge is 0.408 e. The Morgan fingerprint density at radius 3 is 2.33 bits per heavy atom. The maximum atomic E-state index is 14.1. The van der Waals surface area contributed by atoms with Gasteiger partial charge in [-0.3, -0.25) is 9.69 Å². The average molecular weight is 622 g/mol. The van der Waals surface area contributed by atoms with Crippen LogP contribution in [0.25, 0.3) is 0 Å². The Morgan fingerprint density at radius 2 is 1.74 bits per heavy atom. The molecule has 0 aromatic heterocycles. The third-order valence-electron chi connectivity index (χ3n) is 7.62. The van der Waals surface area contributed by atoms with Gasteiger partial charge in [0.05, 0.1) is 0 Å². The number of allylic oxidation sites excluding steroid dienone is 1. The van der Waals surface area contributed by atoms with Gasteiger partial charge in [-0.25, -0.2) is 9.59 Å². The molecule has 1 N–H and O–H groups in total. The molecule has 228 valence electrons. The summed E-state index contributed by atoms with van der Waals surface area (Å²) >= 11 is 3.22. The zero-order valence-electron chi connectivity index (χ0n) is 25.0. The monoisotopic (exact) mass is 621 g/mol. The second-order valence-electron chi connectivity index (χ2n) is 11.9. The van der Waals surface area contributed by atoms with Gasteiger partial charge in [-0.15, -0.1) is 23.5 Å². The summed E-state index contributed by atoms with van der Waals surface area (Å²) in [5, 5.41) is 4.28. The molecule has 0 spiro atoms. The highest BCUT2D eigenvalue weighted by molar-refractivity contribution is 8.02. The molecule has 3 atom stereocenters. The number of nitrogens with zero attached hydrogens (tertiary/aromatic N) is 2. The van der Waals surface area contributed by atoms with Gasteiger partial charge >= 0.3 is 12.1 Å². The number of likely N-dealkylation sites (tertiary alicyclic amines) is 1. The van der Waals surface area contributed by atoms with Crippen LogP contribution in [-0.4, -0.2) is 75.9 Å². The van der Waals surface area contributed by atoms with Crippen LogP contribution in [0, 0.1) is 0 Å². The molecule has 0 bridgehead atoms. The lowest BCUT2D eigenvalue weighted by atomic mass is 10.0. The van der Waals surface area contributed by atoms with Crippen molar-refractivity contribution < 1.29 is 23.9 Å². The average Bonchev–Trinajstić information content (AvgIpc) is 3.40. The lowest BCUT2D eigenvalue weighted by Crippen LogP contribution is -2.70. The van der Waals surface area contributed by atoms with Crippen molar-refractivity contribution in [2.24, 2.45) is 0 Å². The maximum Gasteiger partial charge on any atom is 0.408 e. The fourth-order valence-corrected chi connectivity index (χ4v) is 7.76.